The van der Waals surface area contributed by atoms with Crippen molar-refractivity contribution in [1.29, 1.82) is 0 Å². The number of carbonyl (C=O) groups excluding carboxylic acids is 1. The van der Waals surface area contributed by atoms with E-state index in [4.69, 9.17) is 20.8 Å². The number of nitrogens with one attached hydrogen (secondary N) is 1. The smallest absolute Gasteiger partial charge is 0.267 e. The number of amides is 1. The van der Waals surface area contributed by atoms with Gasteiger partial charge in [-0.05, 0) is 86.2 Å². The Hall–Kier alpha value is -3.31. The van der Waals surface area contributed by atoms with Gasteiger partial charge < -0.3 is 14.5 Å². The predicted octanol–water partition coefficient (Wildman–Crippen LogP) is 7.86. The number of benzene rings is 3. The maximum Gasteiger partial charge on any atom is 0.267 e. The molecular weight excluding hydrogens is 460 g/mol. The Morgan fingerprint density at radius 3 is 2.31 bits per heavy atom. The summed E-state index contributed by atoms with van der Waals surface area (Å²) in [5.41, 5.74) is 4.94. The molecule has 1 N–H and O–H groups in total. The van der Waals surface area contributed by atoms with Crippen LogP contribution in [0.25, 0.3) is 22.6 Å². The summed E-state index contributed by atoms with van der Waals surface area (Å²) < 4.78 is 12.1. The Kier molecular flexibility index (Phi) is 6.41. The number of ether oxygens (including phenoxy) is 1. The molecule has 0 bridgehead atoms. The summed E-state index contributed by atoms with van der Waals surface area (Å²) in [6, 6.07) is 17.1. The van der Waals surface area contributed by atoms with Crippen molar-refractivity contribution in [3.05, 3.63) is 76.3 Å². The molecule has 4 aromatic rings. The average molecular weight is 491 g/mol. The lowest BCUT2D eigenvalue weighted by Gasteiger charge is -2.26. The van der Waals surface area contributed by atoms with Gasteiger partial charge in [0.25, 0.3) is 5.91 Å². The highest BCUT2D eigenvalue weighted by molar-refractivity contribution is 6.33. The van der Waals surface area contributed by atoms with E-state index in [9.17, 15) is 4.79 Å². The van der Waals surface area contributed by atoms with Gasteiger partial charge in [-0.2, -0.15) is 0 Å². The van der Waals surface area contributed by atoms with Gasteiger partial charge in [-0.15, -0.1) is 0 Å². The van der Waals surface area contributed by atoms with Crippen molar-refractivity contribution in [2.45, 2.75) is 59.5 Å². The molecule has 0 saturated heterocycles. The number of carbonyl (C=O) groups is 1. The molecule has 0 fully saturated rings. The molecule has 0 spiro atoms. The van der Waals surface area contributed by atoms with E-state index in [-0.39, 0.29) is 11.3 Å². The molecule has 4 rings (SSSR count). The van der Waals surface area contributed by atoms with Crippen LogP contribution in [-0.2, 0) is 10.2 Å². The molecule has 0 atom stereocenters. The van der Waals surface area contributed by atoms with E-state index in [1.54, 1.807) is 32.0 Å². The predicted molar refractivity (Wildman–Crippen MR) is 142 cm³/mol. The number of aryl methyl sites for hydroxylation is 2. The van der Waals surface area contributed by atoms with Crippen LogP contribution in [0, 0.1) is 13.8 Å². The maximum atomic E-state index is 13.1. The lowest BCUT2D eigenvalue weighted by Crippen LogP contribution is -2.42. The third kappa shape index (κ3) is 5.35. The summed E-state index contributed by atoms with van der Waals surface area (Å²) in [5.74, 6) is 0.756. The number of aromatic nitrogens is 1. The molecule has 6 heteroatoms. The van der Waals surface area contributed by atoms with Crippen molar-refractivity contribution in [3.63, 3.8) is 0 Å². The highest BCUT2D eigenvalue weighted by Crippen LogP contribution is 2.34. The van der Waals surface area contributed by atoms with Gasteiger partial charge in [-0.3, -0.25) is 4.79 Å². The van der Waals surface area contributed by atoms with Crippen LogP contribution in [0.2, 0.25) is 5.02 Å². The van der Waals surface area contributed by atoms with Gasteiger partial charge in [-0.1, -0.05) is 50.6 Å². The Bertz CT molecular complexity index is 1400. The van der Waals surface area contributed by atoms with E-state index in [0.29, 0.717) is 27.9 Å². The van der Waals surface area contributed by atoms with Gasteiger partial charge in [-0.25, -0.2) is 4.98 Å². The van der Waals surface area contributed by atoms with Gasteiger partial charge in [0.1, 0.15) is 11.3 Å². The molecule has 1 amide bonds. The van der Waals surface area contributed by atoms with E-state index in [2.05, 4.69) is 31.1 Å². The van der Waals surface area contributed by atoms with Gasteiger partial charge in [0, 0.05) is 5.69 Å². The highest BCUT2D eigenvalue weighted by Gasteiger charge is 2.30. The monoisotopic (exact) mass is 490 g/mol. The van der Waals surface area contributed by atoms with Crippen LogP contribution in [0.4, 0.5) is 5.69 Å². The molecule has 1 aromatic heterocycles. The number of anilines is 1. The fourth-order valence-electron chi connectivity index (χ4n) is 3.90. The van der Waals surface area contributed by atoms with Crippen LogP contribution in [0.1, 0.15) is 51.3 Å². The van der Waals surface area contributed by atoms with Crippen LogP contribution in [-0.4, -0.2) is 16.5 Å². The fourth-order valence-corrected chi connectivity index (χ4v) is 4.10. The number of nitrogens with zero attached hydrogens (tertiary/aromatic N) is 1. The molecule has 1 heterocycles. The van der Waals surface area contributed by atoms with Crippen molar-refractivity contribution < 1.29 is 13.9 Å². The van der Waals surface area contributed by atoms with Gasteiger partial charge >= 0.3 is 0 Å². The van der Waals surface area contributed by atoms with Gasteiger partial charge in [0.05, 0.1) is 10.6 Å². The second-order valence-electron chi connectivity index (χ2n) is 10.5. The fraction of sp³-hybridized carbons (Fsp3) is 0.310. The normalized spacial score (nSPS) is 12.1. The van der Waals surface area contributed by atoms with Crippen molar-refractivity contribution >= 4 is 34.3 Å². The van der Waals surface area contributed by atoms with Crippen molar-refractivity contribution in [1.82, 2.24) is 4.98 Å². The first-order valence-corrected chi connectivity index (χ1v) is 12.0. The number of hydrogen-bond acceptors (Lipinski definition) is 4. The standard InChI is InChI=1S/C29H31ClN2O3/c1-17-14-18(2)25-24(15-17)32-26(34-25)22-16-20(10-13-23(22)30)31-27(33)29(6,7)35-21-11-8-19(9-12-21)28(3,4)5/h8-16H,1-7H3,(H,31,33). The highest BCUT2D eigenvalue weighted by atomic mass is 35.5. The van der Waals surface area contributed by atoms with Gasteiger partial charge in [0.2, 0.25) is 5.89 Å². The van der Waals surface area contributed by atoms with E-state index >= 15 is 0 Å². The number of oxazole rings is 1. The third-order valence-electron chi connectivity index (χ3n) is 5.91. The van der Waals surface area contributed by atoms with Crippen molar-refractivity contribution in [2.24, 2.45) is 0 Å². The number of rotatable bonds is 5. The van der Waals surface area contributed by atoms with Crippen LogP contribution in [0.3, 0.4) is 0 Å². The van der Waals surface area contributed by atoms with E-state index in [0.717, 1.165) is 22.2 Å². The molecule has 182 valence electrons. The van der Waals surface area contributed by atoms with Crippen LogP contribution < -0.4 is 10.1 Å². The van der Waals surface area contributed by atoms with Crippen LogP contribution in [0.15, 0.2) is 59.0 Å². The summed E-state index contributed by atoms with van der Waals surface area (Å²) in [6.45, 7) is 14.0. The number of halogens is 1. The number of hydrogen-bond donors (Lipinski definition) is 1. The third-order valence-corrected chi connectivity index (χ3v) is 6.24. The van der Waals surface area contributed by atoms with E-state index in [1.807, 2.05) is 50.2 Å². The van der Waals surface area contributed by atoms with Gasteiger partial charge in [0.15, 0.2) is 11.2 Å². The molecule has 0 aliphatic rings. The molecule has 0 aliphatic carbocycles. The molecule has 0 saturated carbocycles. The molecule has 0 radical (unpaired) electrons. The summed E-state index contributed by atoms with van der Waals surface area (Å²) in [7, 11) is 0. The van der Waals surface area contributed by atoms with E-state index in [1.165, 1.54) is 5.56 Å². The minimum absolute atomic E-state index is 0.0456. The summed E-state index contributed by atoms with van der Waals surface area (Å²) >= 11 is 6.47. The first-order valence-electron chi connectivity index (χ1n) is 11.6. The largest absolute Gasteiger partial charge is 0.478 e. The zero-order valence-electron chi connectivity index (χ0n) is 21.2. The van der Waals surface area contributed by atoms with Crippen molar-refractivity contribution in [2.75, 3.05) is 5.32 Å². The number of fused-ring (bicyclic) bond motifs is 1. The Balaban J connectivity index is 1.55. The first kappa shape index (κ1) is 24.8. The summed E-state index contributed by atoms with van der Waals surface area (Å²) in [5, 5.41) is 3.42. The lowest BCUT2D eigenvalue weighted by atomic mass is 9.87. The van der Waals surface area contributed by atoms with Crippen LogP contribution >= 0.6 is 11.6 Å². The topological polar surface area (TPSA) is 64.4 Å². The molecule has 0 aliphatic heterocycles. The second kappa shape index (κ2) is 9.04. The summed E-state index contributed by atoms with van der Waals surface area (Å²) in [4.78, 5) is 17.7. The minimum Gasteiger partial charge on any atom is -0.478 e. The van der Waals surface area contributed by atoms with Crippen LogP contribution in [0.5, 0.6) is 5.75 Å². The quantitative estimate of drug-likeness (QED) is 0.309. The Morgan fingerprint density at radius 1 is 0.971 bits per heavy atom. The van der Waals surface area contributed by atoms with E-state index < -0.39 is 5.60 Å². The molecular formula is C29H31ClN2O3. The zero-order valence-corrected chi connectivity index (χ0v) is 22.0. The maximum absolute atomic E-state index is 13.1. The van der Waals surface area contributed by atoms with Crippen molar-refractivity contribution in [3.8, 4) is 17.2 Å². The molecule has 3 aromatic carbocycles. The molecule has 5 nitrogen and oxygen atoms in total. The molecule has 35 heavy (non-hydrogen) atoms. The average Bonchev–Trinajstić information content (AvgIpc) is 3.18. The SMILES string of the molecule is Cc1cc(C)c2oc(-c3cc(NC(=O)C(C)(C)Oc4ccc(C(C)(C)C)cc4)ccc3Cl)nc2c1. The lowest BCUT2D eigenvalue weighted by molar-refractivity contribution is -0.128. The minimum atomic E-state index is -1.10. The Morgan fingerprint density at radius 2 is 1.66 bits per heavy atom. The first-order chi connectivity index (χ1) is 16.3. The summed E-state index contributed by atoms with van der Waals surface area (Å²) in [6.07, 6.45) is 0. The molecule has 0 unspecified atom stereocenters. The zero-order chi connectivity index (χ0) is 25.5. The second-order valence-corrected chi connectivity index (χ2v) is 10.9. The Labute approximate surface area is 211 Å².